The fourth-order valence-corrected chi connectivity index (χ4v) is 3.32. The molecule has 4 nitrogen and oxygen atoms in total. The third kappa shape index (κ3) is 5.97. The van der Waals surface area contributed by atoms with Crippen molar-refractivity contribution in [3.05, 3.63) is 21.9 Å². The predicted octanol–water partition coefficient (Wildman–Crippen LogP) is 3.77. The van der Waals surface area contributed by atoms with Crippen LogP contribution in [0.2, 0.25) is 0 Å². The number of ether oxygens (including phenoxy) is 1. The number of aliphatic hydroxyl groups excluding tert-OH is 1. The second-order valence-corrected chi connectivity index (χ2v) is 8.02. The van der Waals surface area contributed by atoms with Gasteiger partial charge in [0.25, 0.3) is 0 Å². The molecule has 22 heavy (non-hydrogen) atoms. The molecule has 1 unspecified atom stereocenters. The van der Waals surface area contributed by atoms with E-state index in [0.29, 0.717) is 6.54 Å². The highest BCUT2D eigenvalue weighted by Gasteiger charge is 2.30. The molecule has 0 aliphatic rings. The van der Waals surface area contributed by atoms with Crippen molar-refractivity contribution in [2.45, 2.75) is 59.5 Å². The molecular formula is C17H29NO3S. The number of hydrogen-bond acceptors (Lipinski definition) is 4. The largest absolute Gasteiger partial charge is 0.444 e. The van der Waals surface area contributed by atoms with Gasteiger partial charge in [-0.25, -0.2) is 4.79 Å². The van der Waals surface area contributed by atoms with Crippen LogP contribution in [-0.4, -0.2) is 30.0 Å². The van der Waals surface area contributed by atoms with Gasteiger partial charge in [-0.3, -0.25) is 0 Å². The molecule has 126 valence electrons. The summed E-state index contributed by atoms with van der Waals surface area (Å²) in [6, 6.07) is 4.26. The van der Waals surface area contributed by atoms with E-state index in [-0.39, 0.29) is 12.0 Å². The second-order valence-electron chi connectivity index (χ2n) is 6.77. The monoisotopic (exact) mass is 327 g/mol. The van der Waals surface area contributed by atoms with E-state index in [1.807, 2.05) is 27.7 Å². The Morgan fingerprint density at radius 3 is 2.36 bits per heavy atom. The van der Waals surface area contributed by atoms with Gasteiger partial charge in [0.15, 0.2) is 0 Å². The summed E-state index contributed by atoms with van der Waals surface area (Å²) < 4.78 is 5.26. The fraction of sp³-hybridized carbons (Fsp3) is 0.706. The number of nitrogens with one attached hydrogen (secondary N) is 1. The molecule has 0 spiro atoms. The Morgan fingerprint density at radius 2 is 1.91 bits per heavy atom. The molecule has 0 aliphatic carbocycles. The van der Waals surface area contributed by atoms with E-state index >= 15 is 0 Å². The molecule has 5 heteroatoms. The Labute approximate surface area is 137 Å². The number of rotatable bonds is 7. The number of carbonyl (C=O) groups is 1. The molecular weight excluding hydrogens is 298 g/mol. The number of alkyl carbamates (subject to hydrolysis) is 1. The van der Waals surface area contributed by atoms with Crippen molar-refractivity contribution in [3.8, 4) is 0 Å². The quantitative estimate of drug-likeness (QED) is 0.801. The highest BCUT2D eigenvalue weighted by Crippen LogP contribution is 2.30. The summed E-state index contributed by atoms with van der Waals surface area (Å²) in [5.41, 5.74) is -0.852. The SMILES string of the molecule is CCc1ccc(CC(CC)(CO)CNC(=O)OC(C)(C)C)s1. The van der Waals surface area contributed by atoms with E-state index in [0.717, 1.165) is 19.3 Å². The van der Waals surface area contributed by atoms with Gasteiger partial charge in [-0.15, -0.1) is 11.3 Å². The molecule has 1 aromatic heterocycles. The molecule has 0 radical (unpaired) electrons. The summed E-state index contributed by atoms with van der Waals surface area (Å²) in [5.74, 6) is 0. The van der Waals surface area contributed by atoms with E-state index in [1.54, 1.807) is 11.3 Å². The Balaban J connectivity index is 2.68. The molecule has 1 amide bonds. The third-order valence-corrected chi connectivity index (χ3v) is 4.94. The first-order valence-electron chi connectivity index (χ1n) is 7.89. The van der Waals surface area contributed by atoms with Crippen molar-refractivity contribution in [1.29, 1.82) is 0 Å². The average molecular weight is 327 g/mol. The van der Waals surface area contributed by atoms with E-state index < -0.39 is 11.7 Å². The number of hydrogen-bond donors (Lipinski definition) is 2. The van der Waals surface area contributed by atoms with Crippen molar-refractivity contribution in [2.75, 3.05) is 13.2 Å². The van der Waals surface area contributed by atoms with Crippen LogP contribution in [0.3, 0.4) is 0 Å². The van der Waals surface area contributed by atoms with Crippen molar-refractivity contribution >= 4 is 17.4 Å². The Bertz CT molecular complexity index is 472. The molecule has 0 saturated heterocycles. The van der Waals surface area contributed by atoms with Crippen LogP contribution in [0.25, 0.3) is 0 Å². The standard InChI is InChI=1S/C17H29NO3S/c1-6-13-8-9-14(22-13)10-17(7-2,12-19)11-18-15(20)21-16(3,4)5/h8-9,19H,6-7,10-12H2,1-5H3,(H,18,20). The minimum absolute atomic E-state index is 0.0403. The first-order chi connectivity index (χ1) is 10.2. The Morgan fingerprint density at radius 1 is 1.27 bits per heavy atom. The number of carbonyl (C=O) groups excluding carboxylic acids is 1. The highest BCUT2D eigenvalue weighted by atomic mass is 32.1. The van der Waals surface area contributed by atoms with Crippen LogP contribution in [-0.2, 0) is 17.6 Å². The van der Waals surface area contributed by atoms with Gasteiger partial charge in [-0.2, -0.15) is 0 Å². The maximum absolute atomic E-state index is 11.8. The summed E-state index contributed by atoms with van der Waals surface area (Å²) in [7, 11) is 0. The van der Waals surface area contributed by atoms with Gasteiger partial charge >= 0.3 is 6.09 Å². The third-order valence-electron chi connectivity index (χ3n) is 3.71. The summed E-state index contributed by atoms with van der Waals surface area (Å²) in [4.78, 5) is 14.4. The summed E-state index contributed by atoms with van der Waals surface area (Å²) in [6.45, 7) is 10.1. The van der Waals surface area contributed by atoms with Crippen LogP contribution in [0, 0.1) is 5.41 Å². The van der Waals surface area contributed by atoms with Crippen molar-refractivity contribution in [1.82, 2.24) is 5.32 Å². The zero-order valence-electron chi connectivity index (χ0n) is 14.4. The van der Waals surface area contributed by atoms with E-state index in [4.69, 9.17) is 4.74 Å². The lowest BCUT2D eigenvalue weighted by Crippen LogP contribution is -2.43. The first-order valence-corrected chi connectivity index (χ1v) is 8.70. The van der Waals surface area contributed by atoms with Crippen LogP contribution in [0.5, 0.6) is 0 Å². The molecule has 2 N–H and O–H groups in total. The number of amides is 1. The zero-order chi connectivity index (χ0) is 16.8. The smallest absolute Gasteiger partial charge is 0.407 e. The van der Waals surface area contributed by atoms with Gasteiger partial charge in [0.05, 0.1) is 6.61 Å². The normalized spacial score (nSPS) is 14.5. The van der Waals surface area contributed by atoms with Crippen molar-refractivity contribution in [3.63, 3.8) is 0 Å². The van der Waals surface area contributed by atoms with Crippen molar-refractivity contribution in [2.24, 2.45) is 5.41 Å². The molecule has 1 heterocycles. The van der Waals surface area contributed by atoms with Gasteiger partial charge in [0.2, 0.25) is 0 Å². The summed E-state index contributed by atoms with van der Waals surface area (Å²) in [6.07, 6.45) is 2.15. The van der Waals surface area contributed by atoms with Crippen LogP contribution in [0.15, 0.2) is 12.1 Å². The molecule has 0 aromatic carbocycles. The van der Waals surface area contributed by atoms with Crippen LogP contribution in [0.1, 0.15) is 50.8 Å². The lowest BCUT2D eigenvalue weighted by atomic mass is 9.82. The van der Waals surface area contributed by atoms with Gasteiger partial charge in [0, 0.05) is 21.7 Å². The average Bonchev–Trinajstić information content (AvgIpc) is 2.89. The highest BCUT2D eigenvalue weighted by molar-refractivity contribution is 7.11. The lowest BCUT2D eigenvalue weighted by Gasteiger charge is -2.31. The van der Waals surface area contributed by atoms with Crippen molar-refractivity contribution < 1.29 is 14.6 Å². The minimum atomic E-state index is -0.512. The predicted molar refractivity (Wildman–Crippen MR) is 91.4 cm³/mol. The molecule has 0 saturated carbocycles. The van der Waals surface area contributed by atoms with Crippen LogP contribution in [0.4, 0.5) is 4.79 Å². The summed E-state index contributed by atoms with van der Waals surface area (Å²) in [5, 5.41) is 12.7. The summed E-state index contributed by atoms with van der Waals surface area (Å²) >= 11 is 1.78. The molecule has 1 atom stereocenters. The molecule has 1 rings (SSSR count). The fourth-order valence-electron chi connectivity index (χ4n) is 2.19. The number of aliphatic hydroxyl groups is 1. The van der Waals surface area contributed by atoms with E-state index in [1.165, 1.54) is 9.75 Å². The Hall–Kier alpha value is -1.07. The van der Waals surface area contributed by atoms with Gasteiger partial charge in [-0.05, 0) is 52.2 Å². The minimum Gasteiger partial charge on any atom is -0.444 e. The van der Waals surface area contributed by atoms with E-state index in [9.17, 15) is 9.90 Å². The molecule has 1 aromatic rings. The van der Waals surface area contributed by atoms with Gasteiger partial charge in [0.1, 0.15) is 5.60 Å². The van der Waals surface area contributed by atoms with Gasteiger partial charge in [-0.1, -0.05) is 13.8 Å². The molecule has 0 aliphatic heterocycles. The first kappa shape index (κ1) is 19.0. The maximum atomic E-state index is 11.8. The van der Waals surface area contributed by atoms with E-state index in [2.05, 4.69) is 24.4 Å². The topological polar surface area (TPSA) is 58.6 Å². The maximum Gasteiger partial charge on any atom is 0.407 e. The zero-order valence-corrected chi connectivity index (χ0v) is 15.2. The van der Waals surface area contributed by atoms with Crippen LogP contribution >= 0.6 is 11.3 Å². The Kier molecular flexibility index (Phi) is 6.88. The molecule has 0 fully saturated rings. The number of thiophene rings is 1. The molecule has 0 bridgehead atoms. The number of aryl methyl sites for hydroxylation is 1. The lowest BCUT2D eigenvalue weighted by molar-refractivity contribution is 0.0462. The second kappa shape index (κ2) is 7.97. The van der Waals surface area contributed by atoms with Gasteiger partial charge < -0.3 is 15.2 Å². The van der Waals surface area contributed by atoms with Crippen LogP contribution < -0.4 is 5.32 Å².